The van der Waals surface area contributed by atoms with E-state index in [0.29, 0.717) is 118 Å². The van der Waals surface area contributed by atoms with E-state index in [1.807, 2.05) is 142 Å². The van der Waals surface area contributed by atoms with Crippen molar-refractivity contribution in [3.05, 3.63) is 278 Å². The van der Waals surface area contributed by atoms with E-state index in [0.717, 1.165) is 125 Å². The van der Waals surface area contributed by atoms with Gasteiger partial charge >= 0.3 is 0 Å². The Morgan fingerprint density at radius 2 is 0.633 bits per heavy atom. The van der Waals surface area contributed by atoms with Gasteiger partial charge in [-0.3, -0.25) is 41.7 Å². The number of aromatic nitrogens is 18. The lowest BCUT2D eigenvalue weighted by molar-refractivity contribution is 0.0996. The smallest absolute Gasteiger partial charge is 0.251 e. The van der Waals surface area contributed by atoms with Crippen molar-refractivity contribution in [2.24, 2.45) is 5.73 Å². The maximum atomic E-state index is 14.6. The summed E-state index contributed by atoms with van der Waals surface area (Å²) in [5.41, 5.74) is 27.8. The van der Waals surface area contributed by atoms with E-state index in [9.17, 15) is 31.1 Å². The van der Waals surface area contributed by atoms with Gasteiger partial charge in [0.05, 0.1) is 158 Å². The second kappa shape index (κ2) is 34.3. The molecule has 0 radical (unpaired) electrons. The van der Waals surface area contributed by atoms with Crippen LogP contribution in [0.25, 0.3) is 140 Å². The monoisotopic (exact) mass is 1750 g/mol. The van der Waals surface area contributed by atoms with Crippen LogP contribution in [0.15, 0.2) is 158 Å². The molecule has 32 heteroatoms. The summed E-state index contributed by atoms with van der Waals surface area (Å²) < 4.78 is 122. The van der Waals surface area contributed by atoms with Crippen molar-refractivity contribution < 1.29 is 54.8 Å². The number of aryl methyl sites for hydroxylation is 13. The van der Waals surface area contributed by atoms with Gasteiger partial charge in [0.2, 0.25) is 0 Å². The molecule has 0 saturated heterocycles. The number of primary amides is 1. The highest BCUT2D eigenvalue weighted by Crippen LogP contribution is 2.40. The molecule has 646 valence electrons. The third-order valence-electron chi connectivity index (χ3n) is 22.2. The first-order chi connectivity index (χ1) is 61.3. The highest BCUT2D eigenvalue weighted by Gasteiger charge is 2.28. The quantitative estimate of drug-likeness (QED) is 0.118. The van der Waals surface area contributed by atoms with Crippen LogP contribution in [-0.4, -0.2) is 128 Å². The number of imidazole rings is 5. The van der Waals surface area contributed by atoms with Gasteiger partial charge in [-0.2, -0.15) is 0 Å². The van der Waals surface area contributed by atoms with Crippen molar-refractivity contribution in [1.29, 1.82) is 0 Å². The molecule has 25 nitrogen and oxygen atoms in total. The SMILES string of the molecule is COc1cc(F)c2nc(C)c3c(C)nc(-c4ccc(F)c(C(N)=O)c4)n3c2c1.COc1cc(F)c2nc(C)c3c(C)nc(-c4ccccc4Cl)n3c2c1.COc1cc(F)c2nc(C)c3c(C)nc(-c4cccnc4C)n3c2c1.COc1cc(F)c2nc(C)c3c(C)nc(-c4ccncc4C)n3c2c1.COc1cc(F)c2nc(C)c3c(C)nc(-c4cnccc4C)n3c2c1. The summed E-state index contributed by atoms with van der Waals surface area (Å²) in [6.45, 7) is 24.6. The van der Waals surface area contributed by atoms with E-state index in [-0.39, 0.29) is 16.6 Å². The molecule has 0 unspecified atom stereocenters. The number of ether oxygens (including phenoxy) is 5. The van der Waals surface area contributed by atoms with Gasteiger partial charge in [0.1, 0.15) is 91.3 Å². The first kappa shape index (κ1) is 86.3. The average Bonchev–Trinajstić information content (AvgIpc) is 1.56. The lowest BCUT2D eigenvalue weighted by atomic mass is 10.1. The van der Waals surface area contributed by atoms with Gasteiger partial charge in [-0.25, -0.2) is 76.2 Å². The number of hydrogen-bond donors (Lipinski definition) is 1. The molecule has 0 bridgehead atoms. The molecule has 20 rings (SSSR count). The van der Waals surface area contributed by atoms with E-state index in [2.05, 4.69) is 44.9 Å². The Bertz CT molecular complexity index is 7240. The molecule has 13 heterocycles. The summed E-state index contributed by atoms with van der Waals surface area (Å²) >= 11 is 6.38. The number of carbonyl (C=O) groups is 1. The van der Waals surface area contributed by atoms with Crippen molar-refractivity contribution >= 4 is 100 Å². The molecule has 7 aromatic carbocycles. The van der Waals surface area contributed by atoms with Crippen LogP contribution < -0.4 is 29.4 Å². The highest BCUT2D eigenvalue weighted by molar-refractivity contribution is 6.33. The Morgan fingerprint density at radius 3 is 0.984 bits per heavy atom. The first-order valence-electron chi connectivity index (χ1n) is 40.1. The predicted molar refractivity (Wildman–Crippen MR) is 481 cm³/mol. The van der Waals surface area contributed by atoms with Gasteiger partial charge in [0.15, 0.2) is 29.1 Å². The molecule has 0 spiro atoms. The first-order valence-corrected chi connectivity index (χ1v) is 40.5. The zero-order valence-corrected chi connectivity index (χ0v) is 73.5. The molecule has 1 amide bonds. The summed E-state index contributed by atoms with van der Waals surface area (Å²) in [7, 11) is 7.51. The highest BCUT2D eigenvalue weighted by atomic mass is 35.5. The van der Waals surface area contributed by atoms with Gasteiger partial charge in [-0.05, 0) is 156 Å². The number of halogens is 7. The molecule has 0 saturated carbocycles. The number of benzene rings is 7. The number of fused-ring (bicyclic) bond motifs is 15. The van der Waals surface area contributed by atoms with Crippen LogP contribution in [0.4, 0.5) is 26.3 Å². The van der Waals surface area contributed by atoms with Crippen LogP contribution in [0.5, 0.6) is 28.7 Å². The predicted octanol–water partition coefficient (Wildman–Crippen LogP) is 20.6. The zero-order chi connectivity index (χ0) is 91.0. The summed E-state index contributed by atoms with van der Waals surface area (Å²) in [5.74, 6) is 1.52. The molecule has 2 N–H and O–H groups in total. The number of hydrogen-bond acceptors (Lipinski definition) is 19. The standard InChI is InChI=1S/C20H16F2N4O2.C19H15ClFN3O.3C19H17FN4O/c1-9-18-10(2)25-20(11-4-5-14(21)13(6-11)19(23)27)26(18)16-8-12(28-3)7-15(22)17(16)24-9;1-10-18-11(2)23-19(13-6-4-5-7-14(13)20)24(18)16-9-12(25-3)8-15(21)17(16)22-10;1-10-9-21-6-5-14(10)19-23-12(3)18-11(2)22-17-15(20)7-13(25-4)8-16(17)24(18)19;1-10-5-6-21-9-14(10)19-23-12(3)18-11(2)22-17-15(20)7-13(25-4)8-16(17)24(18)19;1-10-14(6-5-7-21-10)19-23-12(3)18-11(2)22-17-15(20)8-13(25-4)9-16(17)24(18)19/h4-8H,1-3H3,(H2,23,27);4-9H,1-3H3;3*5-9H,1-4H3. The number of rotatable bonds is 11. The van der Waals surface area contributed by atoms with Crippen molar-refractivity contribution in [3.8, 4) is 85.7 Å². The molecular weight excluding hydrogens is 1660 g/mol. The Labute approximate surface area is 732 Å². The molecule has 20 aromatic rings. The average molecular weight is 1750 g/mol. The van der Waals surface area contributed by atoms with E-state index in [4.69, 9.17) is 61.0 Å². The van der Waals surface area contributed by atoms with Crippen LogP contribution in [0.1, 0.15) is 84.1 Å². The molecule has 0 aliphatic rings. The fraction of sp³-hybridized carbons (Fsp3) is 0.188. The van der Waals surface area contributed by atoms with Crippen molar-refractivity contribution in [1.82, 2.24) is 86.8 Å². The fourth-order valence-corrected chi connectivity index (χ4v) is 16.6. The number of pyridine rings is 3. The maximum absolute atomic E-state index is 14.6. The van der Waals surface area contributed by atoms with E-state index < -0.39 is 40.8 Å². The normalized spacial score (nSPS) is 11.4. The van der Waals surface area contributed by atoms with Crippen molar-refractivity contribution in [2.75, 3.05) is 35.5 Å². The van der Waals surface area contributed by atoms with Crippen LogP contribution >= 0.6 is 11.6 Å². The minimum absolute atomic E-state index is 0.154. The van der Waals surface area contributed by atoms with Crippen LogP contribution in [0, 0.1) is 125 Å². The number of amides is 1. The van der Waals surface area contributed by atoms with Crippen LogP contribution in [0.2, 0.25) is 5.02 Å². The summed E-state index contributed by atoms with van der Waals surface area (Å²) in [6, 6.07) is 34.6. The molecule has 13 aromatic heterocycles. The lowest BCUT2D eigenvalue weighted by Crippen LogP contribution is -2.13. The number of carbonyl (C=O) groups excluding carboxylic acids is 1. The summed E-state index contributed by atoms with van der Waals surface area (Å²) in [4.78, 5) is 70.0. The molecule has 0 aliphatic heterocycles. The molecular formula is C96H82ClF6N19O6. The summed E-state index contributed by atoms with van der Waals surface area (Å²) in [5, 5.41) is 0.584. The van der Waals surface area contributed by atoms with E-state index in [1.54, 1.807) is 79.6 Å². The van der Waals surface area contributed by atoms with Gasteiger partial charge in [0, 0.05) is 125 Å². The van der Waals surface area contributed by atoms with Gasteiger partial charge in [0.25, 0.3) is 5.91 Å². The number of nitrogens with zero attached hydrogens (tertiary/aromatic N) is 18. The van der Waals surface area contributed by atoms with Gasteiger partial charge in [-0.15, -0.1) is 0 Å². The number of nitrogens with two attached hydrogens (primary N) is 1. The number of methoxy groups -OCH3 is 5. The Hall–Kier alpha value is -15.3. The summed E-state index contributed by atoms with van der Waals surface area (Å²) in [6.07, 6.45) is 8.80. The minimum atomic E-state index is -0.882. The molecule has 128 heavy (non-hydrogen) atoms. The lowest BCUT2D eigenvalue weighted by Gasteiger charge is -2.11. The Kier molecular flexibility index (Phi) is 23.1. The minimum Gasteiger partial charge on any atom is -0.497 e. The van der Waals surface area contributed by atoms with Crippen molar-refractivity contribution in [2.45, 2.75) is 90.0 Å². The second-order valence-corrected chi connectivity index (χ2v) is 30.9. The van der Waals surface area contributed by atoms with E-state index in [1.165, 1.54) is 78.0 Å². The van der Waals surface area contributed by atoms with Crippen molar-refractivity contribution in [3.63, 3.8) is 0 Å². The Morgan fingerprint density at radius 1 is 0.312 bits per heavy atom. The fourth-order valence-electron chi connectivity index (χ4n) is 16.4. The van der Waals surface area contributed by atoms with Crippen LogP contribution in [-0.2, 0) is 0 Å². The third kappa shape index (κ3) is 15.2. The third-order valence-corrected chi connectivity index (χ3v) is 22.6. The topological polar surface area (TPSA) is 279 Å². The Balaban J connectivity index is 0.000000118. The zero-order valence-electron chi connectivity index (χ0n) is 72.7. The molecule has 0 atom stereocenters. The second-order valence-electron chi connectivity index (χ2n) is 30.5. The largest absolute Gasteiger partial charge is 0.497 e. The van der Waals surface area contributed by atoms with Crippen LogP contribution in [0.3, 0.4) is 0 Å². The van der Waals surface area contributed by atoms with Gasteiger partial charge < -0.3 is 29.4 Å². The molecule has 0 aliphatic carbocycles. The maximum Gasteiger partial charge on any atom is 0.251 e. The van der Waals surface area contributed by atoms with Gasteiger partial charge in [-0.1, -0.05) is 23.7 Å². The molecule has 0 fully saturated rings. The van der Waals surface area contributed by atoms with E-state index >= 15 is 0 Å².